The summed E-state index contributed by atoms with van der Waals surface area (Å²) in [6, 6.07) is 14.2. The molecule has 0 fully saturated rings. The molecule has 2 aromatic rings. The lowest BCUT2D eigenvalue weighted by molar-refractivity contribution is -0.128. The van der Waals surface area contributed by atoms with Gasteiger partial charge in [-0.2, -0.15) is 0 Å². The highest BCUT2D eigenvalue weighted by Gasteiger charge is 2.18. The quantitative estimate of drug-likeness (QED) is 0.829. The molecule has 1 aliphatic rings. The summed E-state index contributed by atoms with van der Waals surface area (Å²) in [7, 11) is 0. The van der Waals surface area contributed by atoms with Crippen molar-refractivity contribution in [2.75, 3.05) is 0 Å². The number of halogens is 1. The van der Waals surface area contributed by atoms with Crippen molar-refractivity contribution in [3.63, 3.8) is 0 Å². The summed E-state index contributed by atoms with van der Waals surface area (Å²) in [6.07, 6.45) is 0.163. The zero-order valence-corrected chi connectivity index (χ0v) is 15.5. The highest BCUT2D eigenvalue weighted by molar-refractivity contribution is 5.85. The van der Waals surface area contributed by atoms with E-state index in [1.807, 2.05) is 38.1 Å². The Hall–Kier alpha value is -2.04. The maximum absolute atomic E-state index is 12.4. The van der Waals surface area contributed by atoms with Crippen molar-refractivity contribution in [1.29, 1.82) is 0 Å². The molecular weight excluding hydrogens is 336 g/mol. The highest BCUT2D eigenvalue weighted by atomic mass is 35.5. The van der Waals surface area contributed by atoms with E-state index in [0.29, 0.717) is 13.0 Å². The van der Waals surface area contributed by atoms with Crippen molar-refractivity contribution >= 4 is 18.3 Å². The van der Waals surface area contributed by atoms with Crippen LogP contribution in [0, 0.1) is 6.92 Å². The van der Waals surface area contributed by atoms with Gasteiger partial charge in [0, 0.05) is 19.6 Å². The van der Waals surface area contributed by atoms with E-state index in [1.54, 1.807) is 0 Å². The van der Waals surface area contributed by atoms with E-state index in [9.17, 15) is 4.79 Å². The molecule has 25 heavy (non-hydrogen) atoms. The van der Waals surface area contributed by atoms with Gasteiger partial charge >= 0.3 is 0 Å². The van der Waals surface area contributed by atoms with E-state index in [-0.39, 0.29) is 18.3 Å². The molecule has 1 heterocycles. The molecule has 4 nitrogen and oxygen atoms in total. The minimum atomic E-state index is -0.470. The molecule has 0 saturated heterocycles. The van der Waals surface area contributed by atoms with Crippen LogP contribution < -0.4 is 15.4 Å². The number of benzene rings is 2. The Labute approximate surface area is 155 Å². The van der Waals surface area contributed by atoms with Gasteiger partial charge in [-0.15, -0.1) is 12.4 Å². The van der Waals surface area contributed by atoms with Gasteiger partial charge in [0.1, 0.15) is 5.75 Å². The standard InChI is InChI=1S/C20H24N2O2.ClH/c1-3-19(24-18-6-4-5-14(2)9-18)20(23)22-11-15-7-8-16-12-21-13-17(16)10-15;/h4-10,19,21H,3,11-13H2,1-2H3,(H,22,23);1H. The highest BCUT2D eigenvalue weighted by Crippen LogP contribution is 2.18. The average Bonchev–Trinajstić information content (AvgIpc) is 3.05. The fraction of sp³-hybridized carbons (Fsp3) is 0.350. The normalized spacial score (nSPS) is 13.5. The number of amides is 1. The predicted octanol–water partition coefficient (Wildman–Crippen LogP) is 3.49. The van der Waals surface area contributed by atoms with Crippen molar-refractivity contribution in [2.24, 2.45) is 0 Å². The minimum Gasteiger partial charge on any atom is -0.481 e. The Balaban J connectivity index is 0.00000225. The van der Waals surface area contributed by atoms with Crippen LogP contribution in [-0.4, -0.2) is 12.0 Å². The maximum atomic E-state index is 12.4. The average molecular weight is 361 g/mol. The van der Waals surface area contributed by atoms with Crippen LogP contribution in [0.25, 0.3) is 0 Å². The predicted molar refractivity (Wildman–Crippen MR) is 102 cm³/mol. The number of hydrogen-bond donors (Lipinski definition) is 2. The summed E-state index contributed by atoms with van der Waals surface area (Å²) < 4.78 is 5.85. The molecule has 0 bridgehead atoms. The van der Waals surface area contributed by atoms with Crippen molar-refractivity contribution in [2.45, 2.75) is 46.0 Å². The number of ether oxygens (including phenoxy) is 1. The van der Waals surface area contributed by atoms with Crippen molar-refractivity contribution in [3.8, 4) is 5.75 Å². The largest absolute Gasteiger partial charge is 0.481 e. The van der Waals surface area contributed by atoms with Crippen LogP contribution in [0.5, 0.6) is 5.75 Å². The second-order valence-electron chi connectivity index (χ2n) is 6.26. The van der Waals surface area contributed by atoms with E-state index in [2.05, 4.69) is 28.8 Å². The first-order chi connectivity index (χ1) is 11.7. The summed E-state index contributed by atoms with van der Waals surface area (Å²) in [5, 5.41) is 6.32. The van der Waals surface area contributed by atoms with Gasteiger partial charge in [-0.25, -0.2) is 0 Å². The van der Waals surface area contributed by atoms with Crippen LogP contribution in [0.15, 0.2) is 42.5 Å². The van der Waals surface area contributed by atoms with Gasteiger partial charge < -0.3 is 15.4 Å². The third-order valence-electron chi connectivity index (χ3n) is 4.30. The number of fused-ring (bicyclic) bond motifs is 1. The van der Waals surface area contributed by atoms with Crippen LogP contribution >= 0.6 is 12.4 Å². The lowest BCUT2D eigenvalue weighted by Crippen LogP contribution is -2.37. The van der Waals surface area contributed by atoms with E-state index in [0.717, 1.165) is 30.0 Å². The molecule has 0 aromatic heterocycles. The molecule has 1 atom stereocenters. The third-order valence-corrected chi connectivity index (χ3v) is 4.30. The first-order valence-electron chi connectivity index (χ1n) is 8.48. The molecule has 0 aliphatic carbocycles. The molecule has 2 aromatic carbocycles. The molecule has 0 saturated carbocycles. The molecule has 1 amide bonds. The SMILES string of the molecule is CCC(Oc1cccc(C)c1)C(=O)NCc1ccc2c(c1)CNC2.Cl. The van der Waals surface area contributed by atoms with E-state index < -0.39 is 6.10 Å². The van der Waals surface area contributed by atoms with Gasteiger partial charge in [-0.3, -0.25) is 4.79 Å². The lowest BCUT2D eigenvalue weighted by atomic mass is 10.1. The van der Waals surface area contributed by atoms with Crippen LogP contribution in [0.4, 0.5) is 0 Å². The number of carbonyl (C=O) groups excluding carboxylic acids is 1. The topological polar surface area (TPSA) is 50.4 Å². The van der Waals surface area contributed by atoms with Crippen LogP contribution in [0.2, 0.25) is 0 Å². The molecule has 3 rings (SSSR count). The molecule has 134 valence electrons. The first-order valence-corrected chi connectivity index (χ1v) is 8.48. The summed E-state index contributed by atoms with van der Waals surface area (Å²) in [5.74, 6) is 0.665. The fourth-order valence-corrected chi connectivity index (χ4v) is 2.94. The number of aryl methyl sites for hydroxylation is 1. The first kappa shape index (κ1) is 19.3. The molecule has 1 unspecified atom stereocenters. The summed E-state index contributed by atoms with van der Waals surface area (Å²) in [6.45, 7) is 6.34. The summed E-state index contributed by atoms with van der Waals surface area (Å²) in [4.78, 5) is 12.4. The van der Waals surface area contributed by atoms with Crippen LogP contribution in [0.1, 0.15) is 35.6 Å². The van der Waals surface area contributed by atoms with Gasteiger partial charge in [0.2, 0.25) is 0 Å². The van der Waals surface area contributed by atoms with Gasteiger partial charge in [-0.1, -0.05) is 37.3 Å². The van der Waals surface area contributed by atoms with Crippen LogP contribution in [-0.2, 0) is 24.4 Å². The molecule has 5 heteroatoms. The summed E-state index contributed by atoms with van der Waals surface area (Å²) >= 11 is 0. The zero-order valence-electron chi connectivity index (χ0n) is 14.7. The van der Waals surface area contributed by atoms with Gasteiger partial charge in [0.15, 0.2) is 6.10 Å². The minimum absolute atomic E-state index is 0. The van der Waals surface area contributed by atoms with E-state index in [1.165, 1.54) is 11.1 Å². The Morgan fingerprint density at radius 3 is 2.76 bits per heavy atom. The molecule has 1 aliphatic heterocycles. The van der Waals surface area contributed by atoms with Crippen molar-refractivity contribution in [3.05, 3.63) is 64.7 Å². The van der Waals surface area contributed by atoms with E-state index >= 15 is 0 Å². The van der Waals surface area contributed by atoms with Gasteiger partial charge in [0.05, 0.1) is 0 Å². The monoisotopic (exact) mass is 360 g/mol. The van der Waals surface area contributed by atoms with Gasteiger partial charge in [0.25, 0.3) is 5.91 Å². The fourth-order valence-electron chi connectivity index (χ4n) is 2.94. The Bertz CT molecular complexity index is 733. The van der Waals surface area contributed by atoms with E-state index in [4.69, 9.17) is 4.74 Å². The lowest BCUT2D eigenvalue weighted by Gasteiger charge is -2.17. The maximum Gasteiger partial charge on any atom is 0.261 e. The third kappa shape index (κ3) is 4.97. The van der Waals surface area contributed by atoms with Crippen molar-refractivity contribution in [1.82, 2.24) is 10.6 Å². The molecular formula is C20H25ClN2O2. The smallest absolute Gasteiger partial charge is 0.261 e. The Kier molecular flexibility index (Phi) is 6.85. The number of hydrogen-bond acceptors (Lipinski definition) is 3. The summed E-state index contributed by atoms with van der Waals surface area (Å²) in [5.41, 5.74) is 4.91. The number of carbonyl (C=O) groups is 1. The Morgan fingerprint density at radius 2 is 2.00 bits per heavy atom. The van der Waals surface area contributed by atoms with Gasteiger partial charge in [-0.05, 0) is 47.7 Å². The zero-order chi connectivity index (χ0) is 16.9. The second-order valence-corrected chi connectivity index (χ2v) is 6.26. The molecule has 2 N–H and O–H groups in total. The van der Waals surface area contributed by atoms with Crippen LogP contribution in [0.3, 0.4) is 0 Å². The number of nitrogens with one attached hydrogen (secondary N) is 2. The number of rotatable bonds is 6. The molecule has 0 radical (unpaired) electrons. The molecule has 0 spiro atoms. The second kappa shape index (κ2) is 8.88. The van der Waals surface area contributed by atoms with Crippen molar-refractivity contribution < 1.29 is 9.53 Å². The Morgan fingerprint density at radius 1 is 1.20 bits per heavy atom.